The van der Waals surface area contributed by atoms with E-state index in [1.54, 1.807) is 11.9 Å². The van der Waals surface area contributed by atoms with Crippen molar-refractivity contribution in [2.45, 2.75) is 43.9 Å². The van der Waals surface area contributed by atoms with Gasteiger partial charge in [-0.3, -0.25) is 9.59 Å². The van der Waals surface area contributed by atoms with Crippen LogP contribution in [-0.4, -0.2) is 55.1 Å². The molecule has 3 atom stereocenters. The van der Waals surface area contributed by atoms with Crippen molar-refractivity contribution in [1.82, 2.24) is 15.5 Å². The van der Waals surface area contributed by atoms with Crippen LogP contribution in [0.15, 0.2) is 0 Å². The van der Waals surface area contributed by atoms with Crippen molar-refractivity contribution in [3.05, 3.63) is 0 Å². The van der Waals surface area contributed by atoms with Crippen LogP contribution in [0.3, 0.4) is 0 Å². The largest absolute Gasteiger partial charge is 0.408 e. The minimum Gasteiger partial charge on any atom is -0.344 e. The van der Waals surface area contributed by atoms with Crippen LogP contribution in [0.1, 0.15) is 25.7 Å². The fourth-order valence-electron chi connectivity index (χ4n) is 2.92. The summed E-state index contributed by atoms with van der Waals surface area (Å²) in [6, 6.07) is -1.65. The second-order valence-electron chi connectivity index (χ2n) is 5.64. The molecular formula is C13H20F3N3O2. The maximum atomic E-state index is 12.6. The molecule has 2 amide bonds. The molecule has 0 unspecified atom stereocenters. The van der Waals surface area contributed by atoms with E-state index in [4.69, 9.17) is 0 Å². The summed E-state index contributed by atoms with van der Waals surface area (Å²) in [6.07, 6.45) is -2.96. The van der Waals surface area contributed by atoms with Crippen molar-refractivity contribution in [2.24, 2.45) is 5.92 Å². The first-order valence-electron chi connectivity index (χ1n) is 7.16. The number of amides is 2. The first-order chi connectivity index (χ1) is 9.82. The third-order valence-electron chi connectivity index (χ3n) is 4.21. The van der Waals surface area contributed by atoms with Crippen molar-refractivity contribution in [3.63, 3.8) is 0 Å². The summed E-state index contributed by atoms with van der Waals surface area (Å²) in [5, 5.41) is 5.01. The number of nitrogens with zero attached hydrogens (tertiary/aromatic N) is 1. The zero-order chi connectivity index (χ0) is 15.6. The normalized spacial score (nSPS) is 31.0. The summed E-state index contributed by atoms with van der Waals surface area (Å²) < 4.78 is 37.7. The van der Waals surface area contributed by atoms with Gasteiger partial charge in [-0.05, 0) is 32.7 Å². The van der Waals surface area contributed by atoms with Gasteiger partial charge in [0.05, 0.1) is 0 Å². The van der Waals surface area contributed by atoms with Crippen LogP contribution in [0.25, 0.3) is 0 Å². The standard InChI is InChI=1S/C13H20F3N3O2/c1-17-8-3-2-6-19(7-8)12(21)9-4-5-10(13(14,15)16)18-11(9)20/h8-10,17H,2-7H2,1H3,(H,18,20)/t8-,9-,10+/m1/s1. The zero-order valence-corrected chi connectivity index (χ0v) is 11.9. The highest BCUT2D eigenvalue weighted by atomic mass is 19.4. The first-order valence-corrected chi connectivity index (χ1v) is 7.16. The summed E-state index contributed by atoms with van der Waals surface area (Å²) in [5.74, 6) is -2.15. The van der Waals surface area contributed by atoms with Crippen molar-refractivity contribution in [2.75, 3.05) is 20.1 Å². The molecular weight excluding hydrogens is 287 g/mol. The number of likely N-dealkylation sites (N-methyl/N-ethyl adjacent to an activating group) is 1. The highest BCUT2D eigenvalue weighted by Crippen LogP contribution is 2.29. The second kappa shape index (κ2) is 6.21. The summed E-state index contributed by atoms with van der Waals surface area (Å²) in [5.41, 5.74) is 0. The average molecular weight is 307 g/mol. The van der Waals surface area contributed by atoms with Crippen molar-refractivity contribution in [1.29, 1.82) is 0 Å². The minimum atomic E-state index is -4.45. The Balaban J connectivity index is 1.96. The summed E-state index contributed by atoms with van der Waals surface area (Å²) in [4.78, 5) is 25.7. The highest BCUT2D eigenvalue weighted by molar-refractivity contribution is 6.01. The van der Waals surface area contributed by atoms with Crippen LogP contribution in [0, 0.1) is 5.92 Å². The molecule has 2 heterocycles. The van der Waals surface area contributed by atoms with Crippen LogP contribution < -0.4 is 10.6 Å². The van der Waals surface area contributed by atoms with E-state index < -0.39 is 24.0 Å². The molecule has 2 saturated heterocycles. The average Bonchev–Trinajstić information content (AvgIpc) is 2.45. The van der Waals surface area contributed by atoms with Crippen molar-refractivity contribution >= 4 is 11.8 Å². The number of piperidine rings is 2. The lowest BCUT2D eigenvalue weighted by atomic mass is 9.91. The Morgan fingerprint density at radius 3 is 2.62 bits per heavy atom. The molecule has 0 saturated carbocycles. The fraction of sp³-hybridized carbons (Fsp3) is 0.846. The lowest BCUT2D eigenvalue weighted by molar-refractivity contribution is -0.172. The van der Waals surface area contributed by atoms with Crippen LogP contribution in [-0.2, 0) is 9.59 Å². The topological polar surface area (TPSA) is 61.4 Å². The zero-order valence-electron chi connectivity index (χ0n) is 11.9. The number of hydrogen-bond donors (Lipinski definition) is 2. The molecule has 0 bridgehead atoms. The Labute approximate surface area is 121 Å². The summed E-state index contributed by atoms with van der Waals surface area (Å²) >= 11 is 0. The molecule has 0 spiro atoms. The smallest absolute Gasteiger partial charge is 0.344 e. The lowest BCUT2D eigenvalue weighted by Gasteiger charge is -2.36. The number of likely N-dealkylation sites (tertiary alicyclic amines) is 1. The number of carbonyl (C=O) groups excluding carboxylic acids is 2. The summed E-state index contributed by atoms with van der Waals surface area (Å²) in [6.45, 7) is 1.06. The molecule has 120 valence electrons. The fourth-order valence-corrected chi connectivity index (χ4v) is 2.92. The molecule has 0 aromatic heterocycles. The molecule has 5 nitrogen and oxygen atoms in total. The highest BCUT2D eigenvalue weighted by Gasteiger charge is 2.46. The predicted molar refractivity (Wildman–Crippen MR) is 69.4 cm³/mol. The molecule has 21 heavy (non-hydrogen) atoms. The molecule has 0 aliphatic carbocycles. The van der Waals surface area contributed by atoms with Gasteiger partial charge in [0.1, 0.15) is 12.0 Å². The second-order valence-corrected chi connectivity index (χ2v) is 5.64. The number of alkyl halides is 3. The first kappa shape index (κ1) is 16.1. The van der Waals surface area contributed by atoms with E-state index >= 15 is 0 Å². The summed E-state index contributed by atoms with van der Waals surface area (Å²) in [7, 11) is 1.81. The number of rotatable bonds is 2. The van der Waals surface area contributed by atoms with Crippen LogP contribution in [0.4, 0.5) is 13.2 Å². The Bertz CT molecular complexity index is 414. The maximum absolute atomic E-state index is 12.6. The molecule has 0 aromatic rings. The van der Waals surface area contributed by atoms with E-state index in [9.17, 15) is 22.8 Å². The third-order valence-corrected chi connectivity index (χ3v) is 4.21. The van der Waals surface area contributed by atoms with Gasteiger partial charge in [0.25, 0.3) is 0 Å². The van der Waals surface area contributed by atoms with Crippen molar-refractivity contribution < 1.29 is 22.8 Å². The number of hydrogen-bond acceptors (Lipinski definition) is 3. The van der Waals surface area contributed by atoms with E-state index in [2.05, 4.69) is 5.32 Å². The molecule has 2 N–H and O–H groups in total. The molecule has 0 radical (unpaired) electrons. The van der Waals surface area contributed by atoms with Crippen molar-refractivity contribution in [3.8, 4) is 0 Å². The van der Waals surface area contributed by atoms with Crippen LogP contribution in [0.2, 0.25) is 0 Å². The Morgan fingerprint density at radius 1 is 1.33 bits per heavy atom. The van der Waals surface area contributed by atoms with Gasteiger partial charge in [-0.15, -0.1) is 0 Å². The number of carbonyl (C=O) groups is 2. The van der Waals surface area contributed by atoms with Gasteiger partial charge in [-0.25, -0.2) is 0 Å². The van der Waals surface area contributed by atoms with E-state index in [0.717, 1.165) is 12.8 Å². The van der Waals surface area contributed by atoms with Gasteiger partial charge in [0.15, 0.2) is 0 Å². The Morgan fingerprint density at radius 2 is 2.05 bits per heavy atom. The quantitative estimate of drug-likeness (QED) is 0.737. The van der Waals surface area contributed by atoms with E-state index in [0.29, 0.717) is 13.1 Å². The Hall–Kier alpha value is -1.31. The minimum absolute atomic E-state index is 0.0461. The van der Waals surface area contributed by atoms with Gasteiger partial charge < -0.3 is 15.5 Å². The third kappa shape index (κ3) is 3.66. The van der Waals surface area contributed by atoms with E-state index in [-0.39, 0.29) is 24.8 Å². The molecule has 2 rings (SSSR count). The molecule has 2 fully saturated rings. The SMILES string of the molecule is CN[C@@H]1CCCN(C(=O)[C@@H]2CC[C@@H](C(F)(F)F)NC2=O)C1. The lowest BCUT2D eigenvalue weighted by Crippen LogP contribution is -2.56. The Kier molecular flexibility index (Phi) is 4.75. The maximum Gasteiger partial charge on any atom is 0.408 e. The molecule has 2 aliphatic rings. The van der Waals surface area contributed by atoms with Gasteiger partial charge in [0, 0.05) is 19.1 Å². The number of halogens is 3. The van der Waals surface area contributed by atoms with E-state index in [1.807, 2.05) is 5.32 Å². The molecule has 2 aliphatic heterocycles. The predicted octanol–water partition coefficient (Wildman–Crippen LogP) is 0.654. The molecule has 8 heteroatoms. The number of nitrogens with one attached hydrogen (secondary N) is 2. The van der Waals surface area contributed by atoms with Gasteiger partial charge >= 0.3 is 6.18 Å². The molecule has 0 aromatic carbocycles. The monoisotopic (exact) mass is 307 g/mol. The van der Waals surface area contributed by atoms with Crippen LogP contribution in [0.5, 0.6) is 0 Å². The van der Waals surface area contributed by atoms with Gasteiger partial charge in [-0.1, -0.05) is 0 Å². The van der Waals surface area contributed by atoms with Gasteiger partial charge in [-0.2, -0.15) is 13.2 Å². The van der Waals surface area contributed by atoms with Crippen LogP contribution >= 0.6 is 0 Å². The van der Waals surface area contributed by atoms with E-state index in [1.165, 1.54) is 0 Å². The van der Waals surface area contributed by atoms with Gasteiger partial charge in [0.2, 0.25) is 11.8 Å².